The summed E-state index contributed by atoms with van der Waals surface area (Å²) in [5.41, 5.74) is 0.347. The first-order valence-corrected chi connectivity index (χ1v) is 5.93. The summed E-state index contributed by atoms with van der Waals surface area (Å²) in [6.07, 6.45) is 0.822. The van der Waals surface area contributed by atoms with Crippen molar-refractivity contribution < 1.29 is 14.0 Å². The Morgan fingerprint density at radius 2 is 2.28 bits per heavy atom. The third kappa shape index (κ3) is 3.37. The minimum absolute atomic E-state index is 0.0699. The van der Waals surface area contributed by atoms with E-state index >= 15 is 0 Å². The van der Waals surface area contributed by atoms with Crippen LogP contribution >= 0.6 is 0 Å². The molecule has 0 radical (unpaired) electrons. The normalized spacial score (nSPS) is 17.1. The zero-order chi connectivity index (χ0) is 13.0. The second-order valence-electron chi connectivity index (χ2n) is 4.35. The summed E-state index contributed by atoms with van der Waals surface area (Å²) in [5, 5.41) is 2.74. The van der Waals surface area contributed by atoms with E-state index in [2.05, 4.69) is 5.32 Å². The Morgan fingerprint density at radius 1 is 1.44 bits per heavy atom. The van der Waals surface area contributed by atoms with Crippen LogP contribution in [0.3, 0.4) is 0 Å². The average molecular weight is 250 g/mol. The van der Waals surface area contributed by atoms with Crippen molar-refractivity contribution in [3.8, 4) is 0 Å². The van der Waals surface area contributed by atoms with Crippen LogP contribution < -0.4 is 5.32 Å². The van der Waals surface area contributed by atoms with Gasteiger partial charge in [-0.2, -0.15) is 0 Å². The highest BCUT2D eigenvalue weighted by molar-refractivity contribution is 5.97. The zero-order valence-electron chi connectivity index (χ0n) is 9.99. The molecule has 1 aliphatic rings. The van der Waals surface area contributed by atoms with Gasteiger partial charge in [0.1, 0.15) is 5.82 Å². The lowest BCUT2D eigenvalue weighted by Gasteiger charge is -2.17. The molecule has 0 bridgehead atoms. The molecule has 1 heterocycles. The van der Waals surface area contributed by atoms with E-state index in [1.807, 2.05) is 0 Å². The summed E-state index contributed by atoms with van der Waals surface area (Å²) in [6, 6.07) is 5.62. The molecule has 1 aromatic carbocycles. The minimum atomic E-state index is -0.422. The first-order chi connectivity index (χ1) is 8.65. The monoisotopic (exact) mass is 250 g/mol. The minimum Gasteiger partial charge on any atom is -0.355 e. The maximum Gasteiger partial charge on any atom is 0.234 e. The average Bonchev–Trinajstić information content (AvgIpc) is 2.53. The van der Waals surface area contributed by atoms with Gasteiger partial charge in [0, 0.05) is 18.7 Å². The summed E-state index contributed by atoms with van der Waals surface area (Å²) >= 11 is 0. The highest BCUT2D eigenvalue weighted by atomic mass is 19.1. The van der Waals surface area contributed by atoms with Gasteiger partial charge in [0.15, 0.2) is 5.78 Å². The SMILES string of the molecule is O=C1CN(CC(=O)c2cccc(F)c2)CCCN1. The zero-order valence-corrected chi connectivity index (χ0v) is 9.99. The van der Waals surface area contributed by atoms with E-state index in [4.69, 9.17) is 0 Å². The fourth-order valence-corrected chi connectivity index (χ4v) is 1.96. The number of benzene rings is 1. The number of nitrogens with zero attached hydrogens (tertiary/aromatic N) is 1. The van der Waals surface area contributed by atoms with Gasteiger partial charge in [0.2, 0.25) is 5.91 Å². The highest BCUT2D eigenvalue weighted by Gasteiger charge is 2.18. The molecule has 96 valence electrons. The quantitative estimate of drug-likeness (QED) is 0.808. The second-order valence-corrected chi connectivity index (χ2v) is 4.35. The number of amides is 1. The van der Waals surface area contributed by atoms with Crippen LogP contribution in [0.1, 0.15) is 16.8 Å². The van der Waals surface area contributed by atoms with Gasteiger partial charge in [-0.3, -0.25) is 14.5 Å². The van der Waals surface area contributed by atoms with E-state index in [9.17, 15) is 14.0 Å². The molecule has 4 nitrogen and oxygen atoms in total. The van der Waals surface area contributed by atoms with Crippen molar-refractivity contribution in [3.63, 3.8) is 0 Å². The van der Waals surface area contributed by atoms with Crippen molar-refractivity contribution >= 4 is 11.7 Å². The van der Waals surface area contributed by atoms with Gasteiger partial charge < -0.3 is 5.32 Å². The van der Waals surface area contributed by atoms with Crippen molar-refractivity contribution in [1.29, 1.82) is 0 Å². The molecule has 1 aromatic rings. The number of carbonyl (C=O) groups is 2. The Hall–Kier alpha value is -1.75. The summed E-state index contributed by atoms with van der Waals surface area (Å²) in [7, 11) is 0. The van der Waals surface area contributed by atoms with Crippen LogP contribution in [0.4, 0.5) is 4.39 Å². The van der Waals surface area contributed by atoms with E-state index in [-0.39, 0.29) is 24.8 Å². The van der Waals surface area contributed by atoms with Crippen LogP contribution in [-0.4, -0.2) is 42.8 Å². The molecule has 5 heteroatoms. The topological polar surface area (TPSA) is 49.4 Å². The molecule has 0 spiro atoms. The number of rotatable bonds is 3. The molecule has 2 rings (SSSR count). The van der Waals surface area contributed by atoms with Crippen LogP contribution in [0.25, 0.3) is 0 Å². The Labute approximate surface area is 105 Å². The third-order valence-electron chi connectivity index (χ3n) is 2.85. The van der Waals surface area contributed by atoms with Crippen LogP contribution in [0.5, 0.6) is 0 Å². The fourth-order valence-electron chi connectivity index (χ4n) is 1.96. The highest BCUT2D eigenvalue weighted by Crippen LogP contribution is 2.06. The van der Waals surface area contributed by atoms with Crippen molar-refractivity contribution in [2.45, 2.75) is 6.42 Å². The molecule has 1 N–H and O–H groups in total. The molecule has 0 atom stereocenters. The Bertz CT molecular complexity index is 462. The third-order valence-corrected chi connectivity index (χ3v) is 2.85. The van der Waals surface area contributed by atoms with E-state index in [0.29, 0.717) is 18.7 Å². The maximum absolute atomic E-state index is 13.0. The van der Waals surface area contributed by atoms with E-state index in [1.165, 1.54) is 18.2 Å². The summed E-state index contributed by atoms with van der Waals surface area (Å²) < 4.78 is 13.0. The van der Waals surface area contributed by atoms with Crippen LogP contribution in [-0.2, 0) is 4.79 Å². The fraction of sp³-hybridized carbons (Fsp3) is 0.385. The lowest BCUT2D eigenvalue weighted by molar-refractivity contribution is -0.121. The molecule has 1 aliphatic heterocycles. The molecule has 1 saturated heterocycles. The molecule has 0 unspecified atom stereocenters. The number of ketones is 1. The number of nitrogens with one attached hydrogen (secondary N) is 1. The molecule has 0 aromatic heterocycles. The van der Waals surface area contributed by atoms with Gasteiger partial charge in [-0.15, -0.1) is 0 Å². The summed E-state index contributed by atoms with van der Waals surface area (Å²) in [6.45, 7) is 1.71. The van der Waals surface area contributed by atoms with Crippen LogP contribution in [0, 0.1) is 5.82 Å². The standard InChI is InChI=1S/C13H15FN2O2/c14-11-4-1-3-10(7-11)12(17)8-16-6-2-5-15-13(18)9-16/h1,3-4,7H,2,5-6,8-9H2,(H,15,18). The van der Waals surface area contributed by atoms with E-state index in [0.717, 1.165) is 6.42 Å². The molecule has 1 fully saturated rings. The number of Topliss-reactive ketones (excluding diaryl/α,β-unsaturated/α-hetero) is 1. The van der Waals surface area contributed by atoms with Crippen LogP contribution in [0.2, 0.25) is 0 Å². The first-order valence-electron chi connectivity index (χ1n) is 5.93. The van der Waals surface area contributed by atoms with Gasteiger partial charge in [0.05, 0.1) is 13.1 Å². The Morgan fingerprint density at radius 3 is 3.06 bits per heavy atom. The van der Waals surface area contributed by atoms with Crippen molar-refractivity contribution in [2.75, 3.05) is 26.2 Å². The molecule has 0 saturated carbocycles. The predicted molar refractivity (Wildman–Crippen MR) is 64.8 cm³/mol. The molecular formula is C13H15FN2O2. The summed E-state index contributed by atoms with van der Waals surface area (Å²) in [5.74, 6) is -0.654. The predicted octanol–water partition coefficient (Wildman–Crippen LogP) is 0.830. The van der Waals surface area contributed by atoms with Crippen molar-refractivity contribution in [3.05, 3.63) is 35.6 Å². The smallest absolute Gasteiger partial charge is 0.234 e. The molecule has 18 heavy (non-hydrogen) atoms. The van der Waals surface area contributed by atoms with Gasteiger partial charge in [-0.1, -0.05) is 12.1 Å². The Balaban J connectivity index is 2.00. The van der Waals surface area contributed by atoms with Gasteiger partial charge in [-0.05, 0) is 18.6 Å². The second kappa shape index (κ2) is 5.73. The number of carbonyl (C=O) groups excluding carboxylic acids is 2. The van der Waals surface area contributed by atoms with Gasteiger partial charge in [0.25, 0.3) is 0 Å². The number of halogens is 1. The summed E-state index contributed by atoms with van der Waals surface area (Å²) in [4.78, 5) is 25.1. The van der Waals surface area contributed by atoms with Crippen molar-refractivity contribution in [2.24, 2.45) is 0 Å². The lowest BCUT2D eigenvalue weighted by atomic mass is 10.1. The number of hydrogen-bond donors (Lipinski definition) is 1. The van der Waals surface area contributed by atoms with Crippen molar-refractivity contribution in [1.82, 2.24) is 10.2 Å². The lowest BCUT2D eigenvalue weighted by Crippen LogP contribution is -2.36. The van der Waals surface area contributed by atoms with E-state index in [1.54, 1.807) is 11.0 Å². The molecular weight excluding hydrogens is 235 g/mol. The largest absolute Gasteiger partial charge is 0.355 e. The Kier molecular flexibility index (Phi) is 4.04. The van der Waals surface area contributed by atoms with E-state index < -0.39 is 5.82 Å². The molecule has 1 amide bonds. The maximum atomic E-state index is 13.0. The molecule has 0 aliphatic carbocycles. The number of hydrogen-bond acceptors (Lipinski definition) is 3. The van der Waals surface area contributed by atoms with Crippen LogP contribution in [0.15, 0.2) is 24.3 Å². The van der Waals surface area contributed by atoms with Gasteiger partial charge in [-0.25, -0.2) is 4.39 Å². The first kappa shape index (κ1) is 12.7. The van der Waals surface area contributed by atoms with Gasteiger partial charge >= 0.3 is 0 Å².